The van der Waals surface area contributed by atoms with Gasteiger partial charge in [-0.1, -0.05) is 13.8 Å². The fourth-order valence-corrected chi connectivity index (χ4v) is 0.486. The van der Waals surface area contributed by atoms with Gasteiger partial charge in [-0.05, 0) is 0 Å². The number of carbonyl (C=O) groups excluding carboxylic acids is 1. The Hall–Kier alpha value is -0.810. The second-order valence-corrected chi connectivity index (χ2v) is 2.93. The van der Waals surface area contributed by atoms with Gasteiger partial charge in [-0.25, -0.2) is 8.78 Å². The molecule has 0 saturated carbocycles. The lowest BCUT2D eigenvalue weighted by Gasteiger charge is -2.16. The molecule has 6 heteroatoms. The molecular formula is C7H11F4NO. The molecule has 0 atom stereocenters. The number of halogens is 4. The van der Waals surface area contributed by atoms with E-state index in [9.17, 15) is 22.4 Å². The molecule has 0 aliphatic rings. The Morgan fingerprint density at radius 1 is 1.38 bits per heavy atom. The first-order valence-electron chi connectivity index (χ1n) is 3.71. The van der Waals surface area contributed by atoms with E-state index in [-0.39, 0.29) is 0 Å². The normalized spacial score (nSPS) is 12.3. The van der Waals surface area contributed by atoms with Crippen LogP contribution in [0.5, 0.6) is 0 Å². The quantitative estimate of drug-likeness (QED) is 0.688. The Balaban J connectivity index is 3.95. The first kappa shape index (κ1) is 12.2. The van der Waals surface area contributed by atoms with E-state index in [1.54, 1.807) is 5.32 Å². The lowest BCUT2D eigenvalue weighted by Crippen LogP contribution is -2.42. The molecule has 13 heavy (non-hydrogen) atoms. The minimum Gasteiger partial charge on any atom is -0.350 e. The maximum Gasteiger partial charge on any atom is 0.324 e. The summed E-state index contributed by atoms with van der Waals surface area (Å²) in [4.78, 5) is 10.7. The van der Waals surface area contributed by atoms with Crippen LogP contribution in [0, 0.1) is 5.92 Å². The van der Waals surface area contributed by atoms with Gasteiger partial charge in [0.05, 0.1) is 6.54 Å². The van der Waals surface area contributed by atoms with Gasteiger partial charge in [0.1, 0.15) is 0 Å². The largest absolute Gasteiger partial charge is 0.350 e. The monoisotopic (exact) mass is 201 g/mol. The SMILES string of the molecule is CC(C)C(=O)NCC(F)(F)C(F)F. The van der Waals surface area contributed by atoms with E-state index >= 15 is 0 Å². The fraction of sp³-hybridized carbons (Fsp3) is 0.857. The maximum absolute atomic E-state index is 12.2. The molecule has 0 saturated heterocycles. The van der Waals surface area contributed by atoms with Gasteiger partial charge in [0.25, 0.3) is 0 Å². The van der Waals surface area contributed by atoms with Gasteiger partial charge in [0.15, 0.2) is 0 Å². The molecule has 0 radical (unpaired) electrons. The summed E-state index contributed by atoms with van der Waals surface area (Å²) in [6.45, 7) is 1.65. The summed E-state index contributed by atoms with van der Waals surface area (Å²) in [5.74, 6) is -5.31. The van der Waals surface area contributed by atoms with Gasteiger partial charge >= 0.3 is 12.3 Å². The molecule has 0 aliphatic carbocycles. The topological polar surface area (TPSA) is 29.1 Å². The van der Waals surface area contributed by atoms with Crippen molar-refractivity contribution in [2.24, 2.45) is 5.92 Å². The molecule has 0 aromatic heterocycles. The highest BCUT2D eigenvalue weighted by Gasteiger charge is 2.40. The molecular weight excluding hydrogens is 190 g/mol. The van der Waals surface area contributed by atoms with Crippen LogP contribution in [0.1, 0.15) is 13.8 Å². The molecule has 0 spiro atoms. The molecule has 1 N–H and O–H groups in total. The van der Waals surface area contributed by atoms with Gasteiger partial charge in [0.2, 0.25) is 5.91 Å². The predicted octanol–water partition coefficient (Wildman–Crippen LogP) is 1.66. The van der Waals surface area contributed by atoms with Gasteiger partial charge in [0, 0.05) is 5.92 Å². The number of hydrogen-bond acceptors (Lipinski definition) is 1. The summed E-state index contributed by atoms with van der Waals surface area (Å²) in [5.41, 5.74) is 0. The summed E-state index contributed by atoms with van der Waals surface area (Å²) in [6, 6.07) is 0. The smallest absolute Gasteiger partial charge is 0.324 e. The summed E-state index contributed by atoms with van der Waals surface area (Å²) in [6.07, 6.45) is -3.75. The van der Waals surface area contributed by atoms with Crippen molar-refractivity contribution in [2.75, 3.05) is 6.54 Å². The van der Waals surface area contributed by atoms with E-state index in [0.29, 0.717) is 0 Å². The number of nitrogens with one attached hydrogen (secondary N) is 1. The number of hydrogen-bond donors (Lipinski definition) is 1. The Bertz CT molecular complexity index is 181. The molecule has 0 rings (SSSR count). The highest BCUT2D eigenvalue weighted by Crippen LogP contribution is 2.21. The van der Waals surface area contributed by atoms with Crippen molar-refractivity contribution < 1.29 is 22.4 Å². The molecule has 1 amide bonds. The Morgan fingerprint density at radius 3 is 2.15 bits per heavy atom. The average Bonchev–Trinajstić information content (AvgIpc) is 1.99. The zero-order valence-electron chi connectivity index (χ0n) is 7.28. The molecule has 0 bridgehead atoms. The summed E-state index contributed by atoms with van der Waals surface area (Å²) >= 11 is 0. The first-order chi connectivity index (χ1) is 5.77. The van der Waals surface area contributed by atoms with Crippen molar-refractivity contribution in [1.29, 1.82) is 0 Å². The Labute approximate surface area is 73.3 Å². The van der Waals surface area contributed by atoms with E-state index in [1.165, 1.54) is 13.8 Å². The third kappa shape index (κ3) is 4.10. The zero-order chi connectivity index (χ0) is 10.6. The summed E-state index contributed by atoms with van der Waals surface area (Å²) in [5, 5.41) is 1.73. The number of carbonyl (C=O) groups is 1. The highest BCUT2D eigenvalue weighted by molar-refractivity contribution is 5.77. The predicted molar refractivity (Wildman–Crippen MR) is 38.8 cm³/mol. The van der Waals surface area contributed by atoms with Crippen molar-refractivity contribution in [2.45, 2.75) is 26.2 Å². The number of rotatable bonds is 4. The molecule has 0 aliphatic heterocycles. The van der Waals surface area contributed by atoms with Gasteiger partial charge < -0.3 is 5.32 Å². The second-order valence-electron chi connectivity index (χ2n) is 2.93. The van der Waals surface area contributed by atoms with E-state index in [4.69, 9.17) is 0 Å². The van der Waals surface area contributed by atoms with Gasteiger partial charge in [-0.15, -0.1) is 0 Å². The third-order valence-electron chi connectivity index (χ3n) is 1.34. The van der Waals surface area contributed by atoms with Crippen molar-refractivity contribution >= 4 is 5.91 Å². The van der Waals surface area contributed by atoms with Crippen LogP contribution >= 0.6 is 0 Å². The minimum atomic E-state index is -4.15. The van der Waals surface area contributed by atoms with Crippen LogP contribution in [0.4, 0.5) is 17.6 Å². The second kappa shape index (κ2) is 4.43. The van der Waals surface area contributed by atoms with Crippen molar-refractivity contribution in [3.63, 3.8) is 0 Å². The van der Waals surface area contributed by atoms with Crippen molar-refractivity contribution in [3.05, 3.63) is 0 Å². The zero-order valence-corrected chi connectivity index (χ0v) is 7.28. The Kier molecular flexibility index (Phi) is 4.16. The van der Waals surface area contributed by atoms with E-state index in [1.807, 2.05) is 0 Å². The van der Waals surface area contributed by atoms with E-state index in [2.05, 4.69) is 0 Å². The lowest BCUT2D eigenvalue weighted by atomic mass is 10.2. The van der Waals surface area contributed by atoms with Crippen LogP contribution in [0.25, 0.3) is 0 Å². The lowest BCUT2D eigenvalue weighted by molar-refractivity contribution is -0.138. The fourth-order valence-electron chi connectivity index (χ4n) is 0.486. The molecule has 0 fully saturated rings. The Morgan fingerprint density at radius 2 is 1.85 bits per heavy atom. The van der Waals surface area contributed by atoms with Crippen molar-refractivity contribution in [1.82, 2.24) is 5.32 Å². The number of alkyl halides is 4. The molecule has 78 valence electrons. The van der Waals surface area contributed by atoms with Crippen LogP contribution in [0.2, 0.25) is 0 Å². The van der Waals surface area contributed by atoms with Crippen LogP contribution < -0.4 is 5.32 Å². The van der Waals surface area contributed by atoms with Crippen LogP contribution in [-0.2, 0) is 4.79 Å². The van der Waals surface area contributed by atoms with Gasteiger partial charge in [-0.3, -0.25) is 4.79 Å². The molecule has 2 nitrogen and oxygen atoms in total. The summed E-state index contributed by atoms with van der Waals surface area (Å²) in [7, 11) is 0. The maximum atomic E-state index is 12.2. The van der Waals surface area contributed by atoms with Crippen LogP contribution in [-0.4, -0.2) is 24.8 Å². The molecule has 0 aromatic carbocycles. The minimum absolute atomic E-state index is 0.492. The van der Waals surface area contributed by atoms with Crippen molar-refractivity contribution in [3.8, 4) is 0 Å². The first-order valence-corrected chi connectivity index (χ1v) is 3.71. The molecule has 0 unspecified atom stereocenters. The van der Waals surface area contributed by atoms with Crippen LogP contribution in [0.15, 0.2) is 0 Å². The van der Waals surface area contributed by atoms with Crippen LogP contribution in [0.3, 0.4) is 0 Å². The standard InChI is InChI=1S/C7H11F4NO/c1-4(2)5(13)12-3-7(10,11)6(8)9/h4,6H,3H2,1-2H3,(H,12,13). The van der Waals surface area contributed by atoms with E-state index < -0.39 is 30.7 Å². The third-order valence-corrected chi connectivity index (χ3v) is 1.34. The van der Waals surface area contributed by atoms with E-state index in [0.717, 1.165) is 0 Å². The number of amides is 1. The average molecular weight is 201 g/mol. The van der Waals surface area contributed by atoms with Gasteiger partial charge in [-0.2, -0.15) is 8.78 Å². The molecule has 0 heterocycles. The summed E-state index contributed by atoms with van der Waals surface area (Å²) < 4.78 is 47.5. The highest BCUT2D eigenvalue weighted by atomic mass is 19.3. The molecule has 0 aromatic rings.